The lowest BCUT2D eigenvalue weighted by molar-refractivity contribution is -0.122. The summed E-state index contributed by atoms with van der Waals surface area (Å²) in [5, 5.41) is 3.37. The number of carbonyl (C=O) groups is 1. The van der Waals surface area contributed by atoms with Crippen LogP contribution < -0.4 is 14.8 Å². The van der Waals surface area contributed by atoms with E-state index in [2.05, 4.69) is 21.2 Å². The van der Waals surface area contributed by atoms with Crippen molar-refractivity contribution >= 4 is 45.2 Å². The van der Waals surface area contributed by atoms with Crippen LogP contribution in [0.15, 0.2) is 22.3 Å². The number of carbonyl (C=O) groups excluding carboxylic acids is 1. The van der Waals surface area contributed by atoms with Gasteiger partial charge in [-0.05, 0) is 72.7 Å². The fourth-order valence-electron chi connectivity index (χ4n) is 2.24. The van der Waals surface area contributed by atoms with Crippen molar-refractivity contribution in [3.8, 4) is 11.5 Å². The van der Waals surface area contributed by atoms with Crippen LogP contribution in [0.2, 0.25) is 0 Å². The number of nitrogens with zero attached hydrogens (tertiary/aromatic N) is 1. The lowest BCUT2D eigenvalue weighted by Gasteiger charge is -2.13. The van der Waals surface area contributed by atoms with Gasteiger partial charge in [0, 0.05) is 6.54 Å². The highest BCUT2D eigenvalue weighted by Gasteiger charge is 2.29. The van der Waals surface area contributed by atoms with Gasteiger partial charge in [0.25, 0.3) is 5.91 Å². The van der Waals surface area contributed by atoms with Crippen LogP contribution in [-0.2, 0) is 4.79 Å². The molecule has 7 heteroatoms. The first-order valence-electron chi connectivity index (χ1n) is 7.45. The van der Waals surface area contributed by atoms with Gasteiger partial charge in [0.2, 0.25) is 0 Å². The third kappa shape index (κ3) is 3.84. The maximum Gasteiger partial charge on any atom is 0.276 e. The molecule has 0 radical (unpaired) electrons. The van der Waals surface area contributed by atoms with Crippen molar-refractivity contribution in [3.63, 3.8) is 0 Å². The number of hydrogen-bond acceptors (Lipinski definition) is 4. The van der Waals surface area contributed by atoms with Gasteiger partial charge in [-0.3, -0.25) is 9.69 Å². The molecule has 1 aromatic carbocycles. The van der Waals surface area contributed by atoms with Crippen LogP contribution in [0.4, 0.5) is 0 Å². The Labute approximate surface area is 149 Å². The molecule has 1 aliphatic heterocycles. The molecule has 5 nitrogen and oxygen atoms in total. The van der Waals surface area contributed by atoms with E-state index in [0.29, 0.717) is 42.1 Å². The number of likely N-dealkylation sites (N-methyl/N-ethyl adjacent to an activating group) is 1. The summed E-state index contributed by atoms with van der Waals surface area (Å²) < 4.78 is 12.0. The molecule has 1 aromatic rings. The topological polar surface area (TPSA) is 50.8 Å². The average molecular weight is 399 g/mol. The molecule has 0 spiro atoms. The van der Waals surface area contributed by atoms with Crippen LogP contribution in [0, 0.1) is 0 Å². The van der Waals surface area contributed by atoms with E-state index in [1.807, 2.05) is 32.9 Å². The Morgan fingerprint density at radius 3 is 2.52 bits per heavy atom. The van der Waals surface area contributed by atoms with Gasteiger partial charge < -0.3 is 14.8 Å². The molecule has 0 unspecified atom stereocenters. The number of nitrogens with one attached hydrogen (secondary N) is 1. The number of amides is 1. The van der Waals surface area contributed by atoms with Gasteiger partial charge in [-0.15, -0.1) is 0 Å². The quantitative estimate of drug-likeness (QED) is 0.588. The van der Waals surface area contributed by atoms with E-state index in [4.69, 9.17) is 21.7 Å². The molecule has 1 heterocycles. The summed E-state index contributed by atoms with van der Waals surface area (Å²) in [7, 11) is 0. The lowest BCUT2D eigenvalue weighted by Crippen LogP contribution is -2.30. The minimum atomic E-state index is -0.125. The Morgan fingerprint density at radius 2 is 1.96 bits per heavy atom. The first-order valence-corrected chi connectivity index (χ1v) is 8.65. The summed E-state index contributed by atoms with van der Waals surface area (Å²) in [5.41, 5.74) is 1.27. The average Bonchev–Trinajstić information content (AvgIpc) is 2.77. The SMILES string of the molecule is CCOc1cc(/C=C2\NC(=S)N(CC)C2=O)cc(Br)c1OCC. The maximum absolute atomic E-state index is 12.3. The highest BCUT2D eigenvalue weighted by atomic mass is 79.9. The van der Waals surface area contributed by atoms with E-state index in [9.17, 15) is 4.79 Å². The van der Waals surface area contributed by atoms with Crippen molar-refractivity contribution < 1.29 is 14.3 Å². The largest absolute Gasteiger partial charge is 0.490 e. The van der Waals surface area contributed by atoms with Crippen molar-refractivity contribution in [3.05, 3.63) is 27.9 Å². The Kier molecular flexibility index (Phi) is 6.01. The lowest BCUT2D eigenvalue weighted by atomic mass is 10.1. The van der Waals surface area contributed by atoms with Gasteiger partial charge in [0.15, 0.2) is 16.6 Å². The van der Waals surface area contributed by atoms with Gasteiger partial charge in [-0.2, -0.15) is 0 Å². The Balaban J connectivity index is 2.39. The van der Waals surface area contributed by atoms with Crippen LogP contribution >= 0.6 is 28.1 Å². The van der Waals surface area contributed by atoms with Crippen LogP contribution in [-0.4, -0.2) is 35.7 Å². The minimum absolute atomic E-state index is 0.125. The van der Waals surface area contributed by atoms with E-state index in [1.54, 1.807) is 6.08 Å². The summed E-state index contributed by atoms with van der Waals surface area (Å²) in [4.78, 5) is 13.8. The molecular weight excluding hydrogens is 380 g/mol. The van der Waals surface area contributed by atoms with Crippen LogP contribution in [0.5, 0.6) is 11.5 Å². The number of thiocarbonyl (C=S) groups is 1. The molecule has 1 aliphatic rings. The van der Waals surface area contributed by atoms with E-state index >= 15 is 0 Å². The zero-order valence-electron chi connectivity index (χ0n) is 13.3. The molecule has 0 aliphatic carbocycles. The van der Waals surface area contributed by atoms with Crippen molar-refractivity contribution in [2.45, 2.75) is 20.8 Å². The van der Waals surface area contributed by atoms with Gasteiger partial charge >= 0.3 is 0 Å². The van der Waals surface area contributed by atoms with Crippen LogP contribution in [0.25, 0.3) is 6.08 Å². The Bertz CT molecular complexity index is 661. The van der Waals surface area contributed by atoms with E-state index in [1.165, 1.54) is 4.90 Å². The highest BCUT2D eigenvalue weighted by molar-refractivity contribution is 9.10. The molecule has 0 aromatic heterocycles. The number of hydrogen-bond donors (Lipinski definition) is 1. The molecule has 0 saturated carbocycles. The van der Waals surface area contributed by atoms with Crippen molar-refractivity contribution in [2.75, 3.05) is 19.8 Å². The summed E-state index contributed by atoms with van der Waals surface area (Å²) in [5.74, 6) is 1.17. The molecule has 1 amide bonds. The third-order valence-electron chi connectivity index (χ3n) is 3.21. The number of halogens is 1. The molecule has 1 fully saturated rings. The van der Waals surface area contributed by atoms with Crippen LogP contribution in [0.3, 0.4) is 0 Å². The first-order chi connectivity index (χ1) is 11.0. The summed E-state index contributed by atoms with van der Waals surface area (Å²) in [6.45, 7) is 7.32. The summed E-state index contributed by atoms with van der Waals surface area (Å²) in [6.07, 6.45) is 1.76. The minimum Gasteiger partial charge on any atom is -0.490 e. The van der Waals surface area contributed by atoms with E-state index < -0.39 is 0 Å². The predicted octanol–water partition coefficient (Wildman–Crippen LogP) is 3.32. The Hall–Kier alpha value is -1.60. The third-order valence-corrected chi connectivity index (χ3v) is 4.12. The molecule has 124 valence electrons. The smallest absolute Gasteiger partial charge is 0.276 e. The molecule has 23 heavy (non-hydrogen) atoms. The molecule has 0 bridgehead atoms. The molecule has 1 saturated heterocycles. The standard InChI is InChI=1S/C16H19BrN2O3S/c1-4-19-15(20)12(18-16(19)23)8-10-7-11(17)14(22-6-3)13(9-10)21-5-2/h7-9H,4-6H2,1-3H3,(H,18,23)/b12-8-. The molecule has 0 atom stereocenters. The van der Waals surface area contributed by atoms with Crippen molar-refractivity contribution in [1.82, 2.24) is 10.2 Å². The monoisotopic (exact) mass is 398 g/mol. The number of benzene rings is 1. The number of rotatable bonds is 6. The van der Waals surface area contributed by atoms with E-state index in [-0.39, 0.29) is 5.91 Å². The fourth-order valence-corrected chi connectivity index (χ4v) is 3.14. The normalized spacial score (nSPS) is 16.0. The first kappa shape index (κ1) is 17.7. The zero-order chi connectivity index (χ0) is 17.0. The fraction of sp³-hybridized carbons (Fsp3) is 0.375. The second-order valence-corrected chi connectivity index (χ2v) is 5.97. The molecule has 2 rings (SSSR count). The summed E-state index contributed by atoms with van der Waals surface area (Å²) in [6, 6.07) is 3.73. The second-order valence-electron chi connectivity index (χ2n) is 4.73. The zero-order valence-corrected chi connectivity index (χ0v) is 15.7. The van der Waals surface area contributed by atoms with Crippen molar-refractivity contribution in [2.24, 2.45) is 0 Å². The van der Waals surface area contributed by atoms with E-state index in [0.717, 1.165) is 10.0 Å². The molecule has 1 N–H and O–H groups in total. The van der Waals surface area contributed by atoms with Gasteiger partial charge in [0.05, 0.1) is 17.7 Å². The summed E-state index contributed by atoms with van der Waals surface area (Å²) >= 11 is 8.65. The van der Waals surface area contributed by atoms with Gasteiger partial charge in [-0.25, -0.2) is 0 Å². The molecular formula is C16H19BrN2O3S. The van der Waals surface area contributed by atoms with Gasteiger partial charge in [0.1, 0.15) is 5.70 Å². The maximum atomic E-state index is 12.3. The number of ether oxygens (including phenoxy) is 2. The van der Waals surface area contributed by atoms with Crippen molar-refractivity contribution in [1.29, 1.82) is 0 Å². The Morgan fingerprint density at radius 1 is 1.26 bits per heavy atom. The predicted molar refractivity (Wildman–Crippen MR) is 97.6 cm³/mol. The second kappa shape index (κ2) is 7.79. The van der Waals surface area contributed by atoms with Crippen LogP contribution in [0.1, 0.15) is 26.3 Å². The highest BCUT2D eigenvalue weighted by Crippen LogP contribution is 2.37. The van der Waals surface area contributed by atoms with Gasteiger partial charge in [-0.1, -0.05) is 0 Å².